The minimum absolute atomic E-state index is 0.569. The van der Waals surface area contributed by atoms with E-state index in [2.05, 4.69) is 50.8 Å². The monoisotopic (exact) mass is 507 g/mol. The third-order valence-corrected chi connectivity index (χ3v) is 5.77. The molecule has 30 heavy (non-hydrogen) atoms. The molecule has 0 amide bonds. The number of pyridine rings is 2. The van der Waals surface area contributed by atoms with Crippen LogP contribution in [0.15, 0.2) is 73.3 Å². The molecule has 2 N–H and O–H groups in total. The van der Waals surface area contributed by atoms with Gasteiger partial charge in [-0.25, -0.2) is 0 Å². The van der Waals surface area contributed by atoms with Crippen molar-refractivity contribution >= 4 is 28.3 Å². The molecular formula is C24H18IN3O2. The molecule has 0 bridgehead atoms. The van der Waals surface area contributed by atoms with Gasteiger partial charge in [-0.05, 0) is 76.2 Å². The number of fused-ring (bicyclic) bond motifs is 6. The summed E-state index contributed by atoms with van der Waals surface area (Å²) < 4.78 is 12.5. The molecule has 148 valence electrons. The predicted molar refractivity (Wildman–Crippen MR) is 125 cm³/mol. The van der Waals surface area contributed by atoms with Gasteiger partial charge in [0.25, 0.3) is 0 Å². The average Bonchev–Trinajstić information content (AvgIpc) is 2.79. The Morgan fingerprint density at radius 1 is 0.700 bits per heavy atom. The number of nitrogen functional groups attached to an aromatic ring is 1. The molecule has 6 heteroatoms. The summed E-state index contributed by atoms with van der Waals surface area (Å²) in [6.45, 7) is 1.19. The lowest BCUT2D eigenvalue weighted by atomic mass is 9.99. The normalized spacial score (nSPS) is 12.6. The van der Waals surface area contributed by atoms with Gasteiger partial charge in [0.1, 0.15) is 24.7 Å². The number of nitrogens with zero attached hydrogens (tertiary/aromatic N) is 2. The number of benzene rings is 2. The summed E-state index contributed by atoms with van der Waals surface area (Å²) >= 11 is 2.29. The van der Waals surface area contributed by atoms with Crippen molar-refractivity contribution in [1.82, 2.24) is 9.97 Å². The Balaban J connectivity index is 0.000000128. The van der Waals surface area contributed by atoms with Crippen molar-refractivity contribution in [2.75, 3.05) is 5.73 Å². The van der Waals surface area contributed by atoms with Crippen LogP contribution in [0, 0.1) is 3.57 Å². The van der Waals surface area contributed by atoms with E-state index in [0.29, 0.717) is 13.2 Å². The van der Waals surface area contributed by atoms with Crippen molar-refractivity contribution in [2.24, 2.45) is 0 Å². The second-order valence-electron chi connectivity index (χ2n) is 7.04. The van der Waals surface area contributed by atoms with Gasteiger partial charge in [0.05, 0.1) is 0 Å². The smallest absolute Gasteiger partial charge is 0.129 e. The fraction of sp³-hybridized carbons (Fsp3) is 0.0833. The molecular weight excluding hydrogens is 489 g/mol. The van der Waals surface area contributed by atoms with Crippen molar-refractivity contribution in [3.8, 4) is 33.8 Å². The van der Waals surface area contributed by atoms with Gasteiger partial charge in [-0.15, -0.1) is 0 Å². The number of nitrogens with two attached hydrogens (primary N) is 1. The molecule has 0 aliphatic carbocycles. The van der Waals surface area contributed by atoms with Crippen LogP contribution in [0.2, 0.25) is 0 Å². The molecule has 2 aromatic heterocycles. The molecule has 0 saturated carbocycles. The molecule has 2 aromatic carbocycles. The minimum atomic E-state index is 0.569. The van der Waals surface area contributed by atoms with Crippen LogP contribution in [0.25, 0.3) is 22.3 Å². The zero-order valence-electron chi connectivity index (χ0n) is 16.0. The van der Waals surface area contributed by atoms with Gasteiger partial charge < -0.3 is 15.2 Å². The number of hydrogen-bond donors (Lipinski definition) is 1. The largest absolute Gasteiger partial charge is 0.488 e. The van der Waals surface area contributed by atoms with Gasteiger partial charge >= 0.3 is 0 Å². The molecule has 0 unspecified atom stereocenters. The molecule has 6 rings (SSSR count). The van der Waals surface area contributed by atoms with Gasteiger partial charge in [0, 0.05) is 62.4 Å². The standard InChI is InChI=1S/C12H8INO.C12H10N2O/c2*13-9-1-2-11-10-3-4-14-6-8(10)7-15-12(11)5-9/h1-6H,7H2;1-6H,7,13H2. The SMILES string of the molecule is Ic1ccc2c(c1)OCc1cnccc1-2.Nc1ccc2c(c1)OCc1cnccc1-2. The quantitative estimate of drug-likeness (QED) is 0.253. The Morgan fingerprint density at radius 3 is 1.90 bits per heavy atom. The summed E-state index contributed by atoms with van der Waals surface area (Å²) in [5.74, 6) is 1.83. The molecule has 4 heterocycles. The molecule has 0 saturated heterocycles. The van der Waals surface area contributed by atoms with E-state index >= 15 is 0 Å². The highest BCUT2D eigenvalue weighted by Crippen LogP contribution is 2.38. The number of anilines is 1. The fourth-order valence-electron chi connectivity index (χ4n) is 3.64. The number of ether oxygens (including phenoxy) is 2. The third kappa shape index (κ3) is 3.59. The predicted octanol–water partition coefficient (Wildman–Crippen LogP) is 5.47. The van der Waals surface area contributed by atoms with E-state index in [1.54, 1.807) is 6.20 Å². The van der Waals surface area contributed by atoms with Gasteiger partial charge in [0.15, 0.2) is 0 Å². The van der Waals surface area contributed by atoms with Crippen LogP contribution in [0.1, 0.15) is 11.1 Å². The highest BCUT2D eigenvalue weighted by Gasteiger charge is 2.17. The first kappa shape index (κ1) is 18.9. The van der Waals surface area contributed by atoms with Crippen LogP contribution in [0.4, 0.5) is 5.69 Å². The summed E-state index contributed by atoms with van der Waals surface area (Å²) in [7, 11) is 0. The van der Waals surface area contributed by atoms with E-state index in [1.807, 2.05) is 48.9 Å². The molecule has 5 nitrogen and oxygen atoms in total. The fourth-order valence-corrected chi connectivity index (χ4v) is 4.10. The van der Waals surface area contributed by atoms with E-state index in [9.17, 15) is 0 Å². The van der Waals surface area contributed by atoms with Gasteiger partial charge in [-0.2, -0.15) is 0 Å². The van der Waals surface area contributed by atoms with Crippen LogP contribution >= 0.6 is 22.6 Å². The minimum Gasteiger partial charge on any atom is -0.488 e. The maximum absolute atomic E-state index is 5.71. The van der Waals surface area contributed by atoms with Crippen molar-refractivity contribution in [1.29, 1.82) is 0 Å². The van der Waals surface area contributed by atoms with Crippen LogP contribution < -0.4 is 15.2 Å². The van der Waals surface area contributed by atoms with Crippen LogP contribution in [-0.4, -0.2) is 9.97 Å². The van der Waals surface area contributed by atoms with E-state index in [0.717, 1.165) is 33.9 Å². The average molecular weight is 507 g/mol. The Kier molecular flexibility index (Phi) is 5.00. The van der Waals surface area contributed by atoms with Crippen molar-refractivity contribution in [3.63, 3.8) is 0 Å². The van der Waals surface area contributed by atoms with Crippen LogP contribution in [0.3, 0.4) is 0 Å². The Morgan fingerprint density at radius 2 is 1.27 bits per heavy atom. The van der Waals surface area contributed by atoms with Crippen molar-refractivity contribution < 1.29 is 9.47 Å². The van der Waals surface area contributed by atoms with E-state index < -0.39 is 0 Å². The van der Waals surface area contributed by atoms with E-state index in [4.69, 9.17) is 15.2 Å². The molecule has 0 fully saturated rings. The maximum Gasteiger partial charge on any atom is 0.129 e. The molecule has 2 aliphatic heterocycles. The topological polar surface area (TPSA) is 70.3 Å². The third-order valence-electron chi connectivity index (χ3n) is 5.10. The molecule has 0 atom stereocenters. The Labute approximate surface area is 188 Å². The lowest BCUT2D eigenvalue weighted by Gasteiger charge is -2.20. The van der Waals surface area contributed by atoms with E-state index in [-0.39, 0.29) is 0 Å². The lowest BCUT2D eigenvalue weighted by molar-refractivity contribution is 0.301. The number of hydrogen-bond acceptors (Lipinski definition) is 5. The second kappa shape index (κ2) is 7.95. The van der Waals surface area contributed by atoms with Gasteiger partial charge in [-0.1, -0.05) is 0 Å². The van der Waals surface area contributed by atoms with E-state index in [1.165, 1.54) is 20.3 Å². The van der Waals surface area contributed by atoms with Crippen molar-refractivity contribution in [2.45, 2.75) is 13.2 Å². The second-order valence-corrected chi connectivity index (χ2v) is 8.28. The van der Waals surface area contributed by atoms with Crippen LogP contribution in [0.5, 0.6) is 11.5 Å². The first-order chi connectivity index (χ1) is 14.7. The summed E-state index contributed by atoms with van der Waals surface area (Å²) in [6, 6.07) is 16.1. The highest BCUT2D eigenvalue weighted by atomic mass is 127. The van der Waals surface area contributed by atoms with Gasteiger partial charge in [-0.3, -0.25) is 9.97 Å². The molecule has 0 radical (unpaired) electrons. The van der Waals surface area contributed by atoms with Crippen molar-refractivity contribution in [3.05, 3.63) is 88.0 Å². The number of aromatic nitrogens is 2. The zero-order valence-corrected chi connectivity index (χ0v) is 18.2. The lowest BCUT2D eigenvalue weighted by Crippen LogP contribution is -2.06. The molecule has 2 aliphatic rings. The first-order valence-electron chi connectivity index (χ1n) is 9.50. The zero-order chi connectivity index (χ0) is 20.5. The van der Waals surface area contributed by atoms with Crippen LogP contribution in [-0.2, 0) is 13.2 Å². The Bertz CT molecular complexity index is 1150. The number of halogens is 1. The molecule has 4 aromatic rings. The Hall–Kier alpha value is -3.13. The first-order valence-corrected chi connectivity index (χ1v) is 10.6. The summed E-state index contributed by atoms with van der Waals surface area (Å²) in [4.78, 5) is 8.19. The summed E-state index contributed by atoms with van der Waals surface area (Å²) in [6.07, 6.45) is 7.33. The summed E-state index contributed by atoms with van der Waals surface area (Å²) in [5.41, 5.74) is 13.4. The summed E-state index contributed by atoms with van der Waals surface area (Å²) in [5, 5.41) is 0. The maximum atomic E-state index is 5.71. The highest BCUT2D eigenvalue weighted by molar-refractivity contribution is 14.1. The molecule has 0 spiro atoms. The number of rotatable bonds is 0. The van der Waals surface area contributed by atoms with Gasteiger partial charge in [0.2, 0.25) is 0 Å².